The maximum Gasteiger partial charge on any atom is 0.387 e. The highest BCUT2D eigenvalue weighted by atomic mass is 32.1. The molecule has 0 unspecified atom stereocenters. The Morgan fingerprint density at radius 2 is 2.17 bits per heavy atom. The van der Waals surface area contributed by atoms with E-state index in [1.165, 1.54) is 6.21 Å². The number of methoxy groups -OCH3 is 1. The summed E-state index contributed by atoms with van der Waals surface area (Å²) < 4.78 is 40.0. The van der Waals surface area contributed by atoms with Crippen LogP contribution in [0.2, 0.25) is 0 Å². The number of halogens is 2. The third-order valence-electron chi connectivity index (χ3n) is 2.68. The summed E-state index contributed by atoms with van der Waals surface area (Å²) in [7, 11) is 1.59. The SMILES string of the molecule is CCOc1cccc(/C=N\NC(=S)N[C@H](C)COC)c1OC(F)F. The minimum Gasteiger partial charge on any atom is -0.490 e. The number of benzene rings is 1. The fourth-order valence-electron chi connectivity index (χ4n) is 1.83. The summed E-state index contributed by atoms with van der Waals surface area (Å²) in [5.74, 6) is 0.141. The van der Waals surface area contributed by atoms with Crippen molar-refractivity contribution >= 4 is 23.5 Å². The van der Waals surface area contributed by atoms with Crippen LogP contribution in [0.15, 0.2) is 23.3 Å². The Kier molecular flexibility index (Phi) is 8.95. The van der Waals surface area contributed by atoms with Gasteiger partial charge in [0.25, 0.3) is 0 Å². The van der Waals surface area contributed by atoms with Crippen molar-refractivity contribution in [1.82, 2.24) is 10.7 Å². The number of para-hydroxylation sites is 1. The van der Waals surface area contributed by atoms with E-state index < -0.39 is 6.61 Å². The van der Waals surface area contributed by atoms with Crippen molar-refractivity contribution in [2.24, 2.45) is 5.10 Å². The lowest BCUT2D eigenvalue weighted by molar-refractivity contribution is -0.0515. The average Bonchev–Trinajstić information content (AvgIpc) is 2.50. The molecule has 0 aliphatic heterocycles. The largest absolute Gasteiger partial charge is 0.490 e. The van der Waals surface area contributed by atoms with Gasteiger partial charge in [0.2, 0.25) is 0 Å². The molecule has 0 radical (unpaired) electrons. The van der Waals surface area contributed by atoms with Gasteiger partial charge >= 0.3 is 6.61 Å². The quantitative estimate of drug-likeness (QED) is 0.400. The number of hydrogen-bond acceptors (Lipinski definition) is 5. The first-order valence-electron chi connectivity index (χ1n) is 7.27. The summed E-state index contributed by atoms with van der Waals surface area (Å²) in [6.07, 6.45) is 1.33. The molecule has 0 spiro atoms. The molecule has 9 heteroatoms. The number of thiocarbonyl (C=S) groups is 1. The Balaban J connectivity index is 2.78. The maximum atomic E-state index is 12.6. The maximum absolute atomic E-state index is 12.6. The van der Waals surface area contributed by atoms with Gasteiger partial charge in [-0.1, -0.05) is 6.07 Å². The molecule has 1 atom stereocenters. The van der Waals surface area contributed by atoms with Gasteiger partial charge in [-0.15, -0.1) is 0 Å². The molecule has 0 saturated heterocycles. The second-order valence-electron chi connectivity index (χ2n) is 4.69. The highest BCUT2D eigenvalue weighted by Gasteiger charge is 2.14. The molecule has 1 rings (SSSR count). The fourth-order valence-corrected chi connectivity index (χ4v) is 2.08. The lowest BCUT2D eigenvalue weighted by Crippen LogP contribution is -2.40. The highest BCUT2D eigenvalue weighted by molar-refractivity contribution is 7.80. The Morgan fingerprint density at radius 1 is 1.42 bits per heavy atom. The molecule has 0 saturated carbocycles. The predicted octanol–water partition coefficient (Wildman–Crippen LogP) is 2.52. The summed E-state index contributed by atoms with van der Waals surface area (Å²) in [5, 5.41) is 7.16. The lowest BCUT2D eigenvalue weighted by atomic mass is 10.2. The van der Waals surface area contributed by atoms with Crippen LogP contribution in [0.1, 0.15) is 19.4 Å². The van der Waals surface area contributed by atoms with Gasteiger partial charge in [0.05, 0.1) is 19.4 Å². The third kappa shape index (κ3) is 7.05. The third-order valence-corrected chi connectivity index (χ3v) is 2.89. The van der Waals surface area contributed by atoms with Crippen LogP contribution >= 0.6 is 12.2 Å². The van der Waals surface area contributed by atoms with E-state index in [0.29, 0.717) is 18.8 Å². The molecular formula is C15H21F2N3O3S. The van der Waals surface area contributed by atoms with Crippen LogP contribution in [-0.2, 0) is 4.74 Å². The Labute approximate surface area is 145 Å². The van der Waals surface area contributed by atoms with Crippen molar-refractivity contribution in [3.8, 4) is 11.5 Å². The predicted molar refractivity (Wildman–Crippen MR) is 92.0 cm³/mol. The molecule has 0 fully saturated rings. The van der Waals surface area contributed by atoms with E-state index in [9.17, 15) is 8.78 Å². The van der Waals surface area contributed by atoms with Gasteiger partial charge in [0.1, 0.15) is 0 Å². The van der Waals surface area contributed by atoms with Gasteiger partial charge in [0, 0.05) is 18.7 Å². The van der Waals surface area contributed by atoms with Crippen molar-refractivity contribution in [2.45, 2.75) is 26.5 Å². The van der Waals surface area contributed by atoms with Gasteiger partial charge in [-0.25, -0.2) is 0 Å². The van der Waals surface area contributed by atoms with Crippen LogP contribution in [0.5, 0.6) is 11.5 Å². The number of nitrogens with one attached hydrogen (secondary N) is 2. The zero-order valence-electron chi connectivity index (χ0n) is 13.7. The lowest BCUT2D eigenvalue weighted by Gasteiger charge is -2.14. The molecule has 0 aliphatic rings. The fraction of sp³-hybridized carbons (Fsp3) is 0.467. The number of ether oxygens (including phenoxy) is 3. The summed E-state index contributed by atoms with van der Waals surface area (Å²) >= 11 is 5.06. The zero-order chi connectivity index (χ0) is 17.9. The van der Waals surface area contributed by atoms with Crippen molar-refractivity contribution in [2.75, 3.05) is 20.3 Å². The molecule has 2 N–H and O–H groups in total. The zero-order valence-corrected chi connectivity index (χ0v) is 14.5. The van der Waals surface area contributed by atoms with Crippen LogP contribution in [0.4, 0.5) is 8.78 Å². The Morgan fingerprint density at radius 3 is 2.79 bits per heavy atom. The van der Waals surface area contributed by atoms with Crippen LogP contribution in [-0.4, -0.2) is 44.3 Å². The van der Waals surface area contributed by atoms with Gasteiger partial charge in [-0.05, 0) is 38.2 Å². The first-order chi connectivity index (χ1) is 11.5. The minimum atomic E-state index is -2.97. The number of nitrogens with zero attached hydrogens (tertiary/aromatic N) is 1. The van der Waals surface area contributed by atoms with E-state index in [1.807, 2.05) is 6.92 Å². The second-order valence-corrected chi connectivity index (χ2v) is 5.09. The van der Waals surface area contributed by atoms with Crippen molar-refractivity contribution < 1.29 is 23.0 Å². The number of hydrazone groups is 1. The molecular weight excluding hydrogens is 340 g/mol. The summed E-state index contributed by atoms with van der Waals surface area (Å²) in [5.41, 5.74) is 2.94. The number of alkyl halides is 2. The molecule has 0 heterocycles. The number of rotatable bonds is 9. The molecule has 0 amide bonds. The molecule has 0 aromatic heterocycles. The summed E-state index contributed by atoms with van der Waals surface area (Å²) in [6, 6.07) is 4.78. The molecule has 134 valence electrons. The average molecular weight is 361 g/mol. The molecule has 6 nitrogen and oxygen atoms in total. The van der Waals surface area contributed by atoms with Gasteiger partial charge in [-0.2, -0.15) is 13.9 Å². The van der Waals surface area contributed by atoms with E-state index in [1.54, 1.807) is 32.2 Å². The number of hydrogen-bond donors (Lipinski definition) is 2. The van der Waals surface area contributed by atoms with E-state index >= 15 is 0 Å². The molecule has 24 heavy (non-hydrogen) atoms. The second kappa shape index (κ2) is 10.7. The van der Waals surface area contributed by atoms with Gasteiger partial charge < -0.3 is 19.5 Å². The van der Waals surface area contributed by atoms with E-state index in [2.05, 4.69) is 20.6 Å². The van der Waals surface area contributed by atoms with Crippen LogP contribution in [0, 0.1) is 0 Å². The van der Waals surface area contributed by atoms with Crippen molar-refractivity contribution in [3.05, 3.63) is 23.8 Å². The van der Waals surface area contributed by atoms with Crippen molar-refractivity contribution in [1.29, 1.82) is 0 Å². The highest BCUT2D eigenvalue weighted by Crippen LogP contribution is 2.31. The monoisotopic (exact) mass is 361 g/mol. The Bertz CT molecular complexity index is 559. The smallest absolute Gasteiger partial charge is 0.387 e. The Hall–Kier alpha value is -2.00. The first-order valence-corrected chi connectivity index (χ1v) is 7.67. The topological polar surface area (TPSA) is 64.1 Å². The van der Waals surface area contributed by atoms with Crippen LogP contribution in [0.3, 0.4) is 0 Å². The minimum absolute atomic E-state index is 0.00390. The van der Waals surface area contributed by atoms with Crippen molar-refractivity contribution in [3.63, 3.8) is 0 Å². The first kappa shape index (κ1) is 20.0. The standard InChI is InChI=1S/C15H21F2N3O3S/c1-4-22-12-7-5-6-11(13(12)23-14(16)17)8-18-20-15(24)19-10(2)9-21-3/h5-8,10,14H,4,9H2,1-3H3,(H2,19,20,24)/b18-8-/t10-/m1/s1. The van der Waals surface area contributed by atoms with E-state index in [0.717, 1.165) is 0 Å². The molecule has 1 aromatic rings. The molecule has 1 aromatic carbocycles. The van der Waals surface area contributed by atoms with Gasteiger partial charge in [0.15, 0.2) is 16.6 Å². The van der Waals surface area contributed by atoms with Crippen LogP contribution in [0.25, 0.3) is 0 Å². The van der Waals surface area contributed by atoms with Crippen LogP contribution < -0.4 is 20.2 Å². The van der Waals surface area contributed by atoms with E-state index in [4.69, 9.17) is 21.7 Å². The van der Waals surface area contributed by atoms with E-state index in [-0.39, 0.29) is 22.7 Å². The summed E-state index contributed by atoms with van der Waals surface area (Å²) in [6.45, 7) is 1.48. The normalized spacial score (nSPS) is 12.2. The van der Waals surface area contributed by atoms with Gasteiger partial charge in [-0.3, -0.25) is 5.43 Å². The summed E-state index contributed by atoms with van der Waals surface area (Å²) in [4.78, 5) is 0. The molecule has 0 aliphatic carbocycles. The molecule has 0 bridgehead atoms.